The van der Waals surface area contributed by atoms with E-state index >= 15 is 0 Å². The summed E-state index contributed by atoms with van der Waals surface area (Å²) >= 11 is 6.79. The number of benzene rings is 2. The van der Waals surface area contributed by atoms with Crippen LogP contribution in [-0.4, -0.2) is 28.6 Å². The highest BCUT2D eigenvalue weighted by Crippen LogP contribution is 2.61. The summed E-state index contributed by atoms with van der Waals surface area (Å²) in [5.74, 6) is 2.07. The molecule has 0 radical (unpaired) electrons. The van der Waals surface area contributed by atoms with E-state index in [1.165, 1.54) is 44.1 Å². The molecule has 0 spiro atoms. The van der Waals surface area contributed by atoms with Crippen molar-refractivity contribution in [1.29, 1.82) is 0 Å². The van der Waals surface area contributed by atoms with Gasteiger partial charge in [0, 0.05) is 12.2 Å². The molecule has 1 unspecified atom stereocenters. The Labute approximate surface area is 201 Å². The van der Waals surface area contributed by atoms with Crippen molar-refractivity contribution in [3.63, 3.8) is 0 Å². The van der Waals surface area contributed by atoms with Gasteiger partial charge in [0.05, 0.1) is 10.7 Å². The molecule has 0 aromatic heterocycles. The summed E-state index contributed by atoms with van der Waals surface area (Å²) in [4.78, 5) is 13.5. The number of rotatable bonds is 6. The SMILES string of the molecule is O=C(O)C1CCCN1Cc1ccc(Nc2ccc(C34CC5CC(CC(C5)C3)C4)cc2Cl)cc1. The van der Waals surface area contributed by atoms with Crippen LogP contribution in [0.4, 0.5) is 11.4 Å². The fourth-order valence-corrected chi connectivity index (χ4v) is 8.02. The molecule has 2 aromatic rings. The van der Waals surface area contributed by atoms with Crippen LogP contribution in [0.2, 0.25) is 5.02 Å². The molecule has 33 heavy (non-hydrogen) atoms. The first-order valence-corrected chi connectivity index (χ1v) is 13.0. The van der Waals surface area contributed by atoms with Crippen molar-refractivity contribution in [3.05, 3.63) is 58.6 Å². The number of carboxylic acid groups (broad SMARTS) is 1. The maximum absolute atomic E-state index is 11.4. The van der Waals surface area contributed by atoms with Crippen LogP contribution >= 0.6 is 11.6 Å². The molecule has 4 bridgehead atoms. The largest absolute Gasteiger partial charge is 0.480 e. The maximum atomic E-state index is 11.4. The molecule has 1 heterocycles. The molecule has 5 aliphatic rings. The van der Waals surface area contributed by atoms with Crippen molar-refractivity contribution in [1.82, 2.24) is 4.90 Å². The van der Waals surface area contributed by atoms with Gasteiger partial charge in [0.25, 0.3) is 0 Å². The van der Waals surface area contributed by atoms with Crippen molar-refractivity contribution in [2.75, 3.05) is 11.9 Å². The Kier molecular flexibility index (Phi) is 5.42. The van der Waals surface area contributed by atoms with Gasteiger partial charge in [-0.3, -0.25) is 9.69 Å². The Morgan fingerprint density at radius 3 is 2.30 bits per heavy atom. The number of nitrogens with zero attached hydrogens (tertiary/aromatic N) is 1. The van der Waals surface area contributed by atoms with Crippen LogP contribution < -0.4 is 5.32 Å². The zero-order valence-electron chi connectivity index (χ0n) is 19.1. The second-order valence-electron chi connectivity index (χ2n) is 11.2. The van der Waals surface area contributed by atoms with E-state index in [-0.39, 0.29) is 6.04 Å². The molecule has 4 nitrogen and oxygen atoms in total. The Morgan fingerprint density at radius 2 is 1.70 bits per heavy atom. The third-order valence-electron chi connectivity index (χ3n) is 8.89. The highest BCUT2D eigenvalue weighted by atomic mass is 35.5. The molecular weight excluding hydrogens is 432 g/mol. The van der Waals surface area contributed by atoms with Crippen molar-refractivity contribution < 1.29 is 9.90 Å². The van der Waals surface area contributed by atoms with Crippen molar-refractivity contribution in [2.24, 2.45) is 17.8 Å². The normalized spacial score (nSPS) is 32.9. The fourth-order valence-electron chi connectivity index (χ4n) is 7.79. The summed E-state index contributed by atoms with van der Waals surface area (Å²) in [7, 11) is 0. The Hall–Kier alpha value is -2.04. The van der Waals surface area contributed by atoms with Gasteiger partial charge in [-0.25, -0.2) is 0 Å². The molecule has 0 amide bonds. The fraction of sp³-hybridized carbons (Fsp3) is 0.536. The molecule has 2 N–H and O–H groups in total. The van der Waals surface area contributed by atoms with Crippen LogP contribution in [-0.2, 0) is 16.8 Å². The zero-order chi connectivity index (χ0) is 22.6. The standard InChI is InChI=1S/C28H33ClN2O2/c29-24-13-22(28-14-19-10-20(15-28)12-21(11-19)16-28)5-8-25(24)30-23-6-3-18(4-7-23)17-31-9-1-2-26(31)27(32)33/h3-8,13,19-21,26,30H,1-2,9-12,14-17H2,(H,32,33). The molecule has 1 atom stereocenters. The van der Waals surface area contributed by atoms with Crippen LogP contribution in [0.5, 0.6) is 0 Å². The number of hydrogen-bond acceptors (Lipinski definition) is 3. The monoisotopic (exact) mass is 464 g/mol. The number of likely N-dealkylation sites (tertiary alicyclic amines) is 1. The van der Waals surface area contributed by atoms with Crippen LogP contribution in [0, 0.1) is 17.8 Å². The topological polar surface area (TPSA) is 52.6 Å². The second-order valence-corrected chi connectivity index (χ2v) is 11.6. The first-order valence-electron chi connectivity index (χ1n) is 12.6. The highest BCUT2D eigenvalue weighted by Gasteiger charge is 2.51. The van der Waals surface area contributed by atoms with E-state index in [0.717, 1.165) is 59.1 Å². The second kappa shape index (κ2) is 8.32. The van der Waals surface area contributed by atoms with Gasteiger partial charge in [-0.15, -0.1) is 0 Å². The minimum atomic E-state index is -0.711. The maximum Gasteiger partial charge on any atom is 0.320 e. The minimum Gasteiger partial charge on any atom is -0.480 e. The van der Waals surface area contributed by atoms with Crippen LogP contribution in [0.1, 0.15) is 62.5 Å². The van der Waals surface area contributed by atoms with Crippen molar-refractivity contribution >= 4 is 28.9 Å². The van der Waals surface area contributed by atoms with Gasteiger partial charge < -0.3 is 10.4 Å². The molecule has 1 aliphatic heterocycles. The van der Waals surface area contributed by atoms with Crippen molar-refractivity contribution in [2.45, 2.75) is 69.4 Å². The smallest absolute Gasteiger partial charge is 0.320 e. The molecule has 7 rings (SSSR count). The number of carbonyl (C=O) groups is 1. The lowest BCUT2D eigenvalue weighted by Crippen LogP contribution is -2.48. The number of halogens is 1. The van der Waals surface area contributed by atoms with Gasteiger partial charge in [-0.1, -0.05) is 29.8 Å². The summed E-state index contributed by atoms with van der Waals surface area (Å²) in [5.41, 5.74) is 4.90. The molecule has 4 aliphatic carbocycles. The van der Waals surface area contributed by atoms with E-state index in [2.05, 4.69) is 52.7 Å². The first-order chi connectivity index (χ1) is 16.0. The lowest BCUT2D eigenvalue weighted by atomic mass is 9.48. The molecule has 174 valence electrons. The van der Waals surface area contributed by atoms with Gasteiger partial charge in [-0.2, -0.15) is 0 Å². The van der Waals surface area contributed by atoms with Gasteiger partial charge in [0.1, 0.15) is 6.04 Å². The number of anilines is 2. The Balaban J connectivity index is 1.14. The number of hydrogen-bond donors (Lipinski definition) is 2. The van der Waals surface area contributed by atoms with Gasteiger partial charge in [0.15, 0.2) is 0 Å². The average Bonchev–Trinajstić information content (AvgIpc) is 3.24. The lowest BCUT2D eigenvalue weighted by Gasteiger charge is -2.57. The van der Waals surface area contributed by atoms with E-state index in [0.29, 0.717) is 12.0 Å². The molecular formula is C28H33ClN2O2. The summed E-state index contributed by atoms with van der Waals surface area (Å²) in [6.45, 7) is 1.53. The van der Waals surface area contributed by atoms with Gasteiger partial charge in [-0.05, 0) is 116 Å². The average molecular weight is 465 g/mol. The Morgan fingerprint density at radius 1 is 1.03 bits per heavy atom. The van der Waals surface area contributed by atoms with Crippen LogP contribution in [0.25, 0.3) is 0 Å². The summed E-state index contributed by atoms with van der Waals surface area (Å²) < 4.78 is 0. The summed E-state index contributed by atoms with van der Waals surface area (Å²) in [6, 6.07) is 14.6. The molecule has 2 aromatic carbocycles. The van der Waals surface area contributed by atoms with E-state index < -0.39 is 5.97 Å². The number of aliphatic carboxylic acids is 1. The number of carboxylic acids is 1. The predicted octanol–water partition coefficient (Wildman–Crippen LogP) is 6.60. The van der Waals surface area contributed by atoms with E-state index in [4.69, 9.17) is 11.6 Å². The quantitative estimate of drug-likeness (QED) is 0.505. The van der Waals surface area contributed by atoms with E-state index in [1.54, 1.807) is 0 Å². The van der Waals surface area contributed by atoms with Crippen LogP contribution in [0.3, 0.4) is 0 Å². The van der Waals surface area contributed by atoms with Gasteiger partial charge >= 0.3 is 5.97 Å². The summed E-state index contributed by atoms with van der Waals surface area (Å²) in [6.07, 6.45) is 10.1. The highest BCUT2D eigenvalue weighted by molar-refractivity contribution is 6.33. The zero-order valence-corrected chi connectivity index (χ0v) is 19.9. The number of nitrogens with one attached hydrogen (secondary N) is 1. The lowest BCUT2D eigenvalue weighted by molar-refractivity contribution is -0.142. The third kappa shape index (κ3) is 4.06. The first kappa shape index (κ1) is 21.5. The molecule has 1 saturated heterocycles. The predicted molar refractivity (Wildman–Crippen MR) is 132 cm³/mol. The molecule has 5 heteroatoms. The van der Waals surface area contributed by atoms with Crippen molar-refractivity contribution in [3.8, 4) is 0 Å². The van der Waals surface area contributed by atoms with Crippen LogP contribution in [0.15, 0.2) is 42.5 Å². The Bertz CT molecular complexity index is 1020. The third-order valence-corrected chi connectivity index (χ3v) is 9.20. The molecule has 4 saturated carbocycles. The minimum absolute atomic E-state index is 0.353. The summed E-state index contributed by atoms with van der Waals surface area (Å²) in [5, 5.41) is 13.7. The van der Waals surface area contributed by atoms with E-state index in [9.17, 15) is 9.90 Å². The van der Waals surface area contributed by atoms with E-state index in [1.807, 2.05) is 0 Å². The molecule has 5 fully saturated rings. The van der Waals surface area contributed by atoms with Gasteiger partial charge in [0.2, 0.25) is 0 Å².